The average molecular weight is 442 g/mol. The van der Waals surface area contributed by atoms with Gasteiger partial charge in [0.25, 0.3) is 0 Å². The minimum Gasteiger partial charge on any atom is -0.341 e. The number of carbonyl (C=O) groups excluding carboxylic acids is 1. The number of aromatic nitrogens is 2. The largest absolute Gasteiger partial charge is 0.341 e. The van der Waals surface area contributed by atoms with E-state index in [-0.39, 0.29) is 23.5 Å². The van der Waals surface area contributed by atoms with Crippen LogP contribution in [-0.2, 0) is 14.6 Å². The van der Waals surface area contributed by atoms with Gasteiger partial charge < -0.3 is 4.90 Å². The van der Waals surface area contributed by atoms with Gasteiger partial charge in [-0.3, -0.25) is 4.79 Å². The molecule has 0 bridgehead atoms. The molecule has 0 saturated carbocycles. The van der Waals surface area contributed by atoms with E-state index in [2.05, 4.69) is 10.2 Å². The summed E-state index contributed by atoms with van der Waals surface area (Å²) in [6, 6.07) is 17.6. The van der Waals surface area contributed by atoms with E-state index in [1.807, 2.05) is 61.5 Å². The van der Waals surface area contributed by atoms with Crippen molar-refractivity contribution >= 4 is 38.3 Å². The third-order valence-electron chi connectivity index (χ3n) is 5.44. The first-order valence-electron chi connectivity index (χ1n) is 9.80. The summed E-state index contributed by atoms with van der Waals surface area (Å²) in [5.41, 5.74) is 1.80. The number of nitrogens with zero attached hydrogens (tertiary/aromatic N) is 3. The molecule has 3 aromatic rings. The fourth-order valence-electron chi connectivity index (χ4n) is 3.74. The molecular weight excluding hydrogens is 418 g/mol. The van der Waals surface area contributed by atoms with Gasteiger partial charge in [-0.1, -0.05) is 66.4 Å². The fourth-order valence-corrected chi connectivity index (χ4v) is 6.51. The van der Waals surface area contributed by atoms with Gasteiger partial charge in [-0.2, -0.15) is 0 Å². The Morgan fingerprint density at radius 3 is 2.40 bits per heavy atom. The van der Waals surface area contributed by atoms with Crippen LogP contribution in [0.15, 0.2) is 59.6 Å². The van der Waals surface area contributed by atoms with Crippen LogP contribution in [0.25, 0.3) is 22.0 Å². The number of rotatable bonds is 5. The van der Waals surface area contributed by atoms with Gasteiger partial charge in [0.1, 0.15) is 10.7 Å². The second kappa shape index (κ2) is 8.35. The highest BCUT2D eigenvalue weighted by molar-refractivity contribution is 8.00. The molecule has 2 atom stereocenters. The van der Waals surface area contributed by atoms with Gasteiger partial charge in [-0.15, -0.1) is 10.2 Å². The van der Waals surface area contributed by atoms with Crippen LogP contribution in [0.2, 0.25) is 0 Å². The standard InChI is InChI=1S/C22H23N3O3S2/c1-15(22(26)25(2)17-12-13-30(27,28)14-17)29-21-19-11-7-6-10-18(19)20(23-24-21)16-8-4-3-5-9-16/h3-11,15,17H,12-14H2,1-2H3. The summed E-state index contributed by atoms with van der Waals surface area (Å²) in [7, 11) is -1.35. The molecular formula is C22H23N3O3S2. The molecule has 0 radical (unpaired) electrons. The minimum absolute atomic E-state index is 0.0428. The van der Waals surface area contributed by atoms with Crippen molar-refractivity contribution in [2.75, 3.05) is 18.6 Å². The number of benzene rings is 2. The SMILES string of the molecule is CC(Sc1nnc(-c2ccccc2)c2ccccc12)C(=O)N(C)C1CCS(=O)(=O)C1. The third kappa shape index (κ3) is 4.20. The van der Waals surface area contributed by atoms with Gasteiger partial charge >= 0.3 is 0 Å². The molecule has 2 unspecified atom stereocenters. The number of carbonyl (C=O) groups is 1. The number of sulfone groups is 1. The summed E-state index contributed by atoms with van der Waals surface area (Å²) in [5, 5.41) is 11.1. The minimum atomic E-state index is -3.04. The molecule has 6 nitrogen and oxygen atoms in total. The summed E-state index contributed by atoms with van der Waals surface area (Å²) >= 11 is 1.36. The van der Waals surface area contributed by atoms with Gasteiger partial charge in [0.05, 0.1) is 16.8 Å². The number of hydrogen-bond acceptors (Lipinski definition) is 6. The molecule has 156 valence electrons. The summed E-state index contributed by atoms with van der Waals surface area (Å²) < 4.78 is 23.5. The van der Waals surface area contributed by atoms with Crippen LogP contribution in [-0.4, -0.2) is 59.3 Å². The summed E-state index contributed by atoms with van der Waals surface area (Å²) in [5.74, 6) is 0.0924. The monoisotopic (exact) mass is 441 g/mol. The summed E-state index contributed by atoms with van der Waals surface area (Å²) in [4.78, 5) is 14.5. The molecule has 1 aliphatic rings. The maximum atomic E-state index is 12.9. The van der Waals surface area contributed by atoms with Crippen LogP contribution >= 0.6 is 11.8 Å². The zero-order chi connectivity index (χ0) is 21.3. The van der Waals surface area contributed by atoms with E-state index >= 15 is 0 Å². The number of fused-ring (bicyclic) bond motifs is 1. The molecule has 2 aromatic carbocycles. The van der Waals surface area contributed by atoms with E-state index in [0.717, 1.165) is 22.0 Å². The number of thioether (sulfide) groups is 1. The topological polar surface area (TPSA) is 80.2 Å². The highest BCUT2D eigenvalue weighted by atomic mass is 32.2. The molecule has 1 fully saturated rings. The zero-order valence-corrected chi connectivity index (χ0v) is 18.5. The van der Waals surface area contributed by atoms with Crippen molar-refractivity contribution in [3.63, 3.8) is 0 Å². The first-order chi connectivity index (χ1) is 14.4. The van der Waals surface area contributed by atoms with Crippen LogP contribution < -0.4 is 0 Å². The second-order valence-corrected chi connectivity index (χ2v) is 11.1. The molecule has 4 rings (SSSR count). The molecule has 0 N–H and O–H groups in total. The van der Waals surface area contributed by atoms with Crippen molar-refractivity contribution in [3.8, 4) is 11.3 Å². The number of amides is 1. The predicted molar refractivity (Wildman–Crippen MR) is 120 cm³/mol. The lowest BCUT2D eigenvalue weighted by atomic mass is 10.1. The summed E-state index contributed by atoms with van der Waals surface area (Å²) in [6.07, 6.45) is 0.496. The predicted octanol–water partition coefficient (Wildman–Crippen LogP) is 3.42. The Kier molecular flexibility index (Phi) is 5.79. The first kappa shape index (κ1) is 20.8. The van der Waals surface area contributed by atoms with Crippen molar-refractivity contribution in [1.29, 1.82) is 0 Å². The van der Waals surface area contributed by atoms with Crippen LogP contribution in [0.4, 0.5) is 0 Å². The molecule has 8 heteroatoms. The molecule has 1 aliphatic heterocycles. The lowest BCUT2D eigenvalue weighted by Crippen LogP contribution is -2.41. The van der Waals surface area contributed by atoms with Crippen molar-refractivity contribution in [3.05, 3.63) is 54.6 Å². The van der Waals surface area contributed by atoms with Crippen molar-refractivity contribution < 1.29 is 13.2 Å². The Hall–Kier alpha value is -2.45. The highest BCUT2D eigenvalue weighted by Crippen LogP contribution is 2.34. The molecule has 30 heavy (non-hydrogen) atoms. The van der Waals surface area contributed by atoms with Gasteiger partial charge in [-0.25, -0.2) is 8.42 Å². The third-order valence-corrected chi connectivity index (χ3v) is 8.27. The van der Waals surface area contributed by atoms with E-state index in [4.69, 9.17) is 0 Å². The van der Waals surface area contributed by atoms with Crippen LogP contribution in [0.1, 0.15) is 13.3 Å². The Morgan fingerprint density at radius 1 is 1.07 bits per heavy atom. The molecule has 2 heterocycles. The summed E-state index contributed by atoms with van der Waals surface area (Å²) in [6.45, 7) is 1.83. The van der Waals surface area contributed by atoms with E-state index in [0.29, 0.717) is 11.4 Å². The molecule has 1 aromatic heterocycles. The van der Waals surface area contributed by atoms with E-state index in [9.17, 15) is 13.2 Å². The lowest BCUT2D eigenvalue weighted by molar-refractivity contribution is -0.130. The number of hydrogen-bond donors (Lipinski definition) is 0. The van der Waals surface area contributed by atoms with Crippen LogP contribution in [0.5, 0.6) is 0 Å². The highest BCUT2D eigenvalue weighted by Gasteiger charge is 2.34. The Bertz CT molecular complexity index is 1180. The first-order valence-corrected chi connectivity index (χ1v) is 12.5. The van der Waals surface area contributed by atoms with E-state index < -0.39 is 15.1 Å². The second-order valence-electron chi connectivity index (χ2n) is 7.53. The fraction of sp³-hybridized carbons (Fsp3) is 0.318. The van der Waals surface area contributed by atoms with Gasteiger partial charge in [-0.05, 0) is 13.3 Å². The van der Waals surface area contributed by atoms with Crippen molar-refractivity contribution in [2.24, 2.45) is 0 Å². The quantitative estimate of drug-likeness (QED) is 0.565. The van der Waals surface area contributed by atoms with Crippen LogP contribution in [0.3, 0.4) is 0 Å². The normalized spacial score (nSPS) is 18.9. The van der Waals surface area contributed by atoms with Gasteiger partial charge in [0.15, 0.2) is 9.84 Å². The maximum absolute atomic E-state index is 12.9. The Labute approximate surface area is 180 Å². The molecule has 0 spiro atoms. The molecule has 0 aliphatic carbocycles. The maximum Gasteiger partial charge on any atom is 0.235 e. The van der Waals surface area contributed by atoms with Crippen LogP contribution in [0, 0.1) is 0 Å². The molecule has 1 saturated heterocycles. The van der Waals surface area contributed by atoms with E-state index in [1.54, 1.807) is 11.9 Å². The Morgan fingerprint density at radius 2 is 1.73 bits per heavy atom. The van der Waals surface area contributed by atoms with Crippen molar-refractivity contribution in [2.45, 2.75) is 29.7 Å². The molecule has 1 amide bonds. The van der Waals surface area contributed by atoms with Gasteiger partial charge in [0, 0.05) is 29.4 Å². The zero-order valence-electron chi connectivity index (χ0n) is 16.9. The average Bonchev–Trinajstić information content (AvgIpc) is 3.13. The Balaban J connectivity index is 1.59. The smallest absolute Gasteiger partial charge is 0.235 e. The van der Waals surface area contributed by atoms with Gasteiger partial charge in [0.2, 0.25) is 5.91 Å². The van der Waals surface area contributed by atoms with E-state index in [1.165, 1.54) is 11.8 Å². The van der Waals surface area contributed by atoms with Crippen molar-refractivity contribution in [1.82, 2.24) is 15.1 Å². The lowest BCUT2D eigenvalue weighted by Gasteiger charge is -2.26.